The predicted octanol–water partition coefficient (Wildman–Crippen LogP) is 3.56. The van der Waals surface area contributed by atoms with E-state index in [0.29, 0.717) is 18.3 Å². The van der Waals surface area contributed by atoms with Gasteiger partial charge in [0.05, 0.1) is 12.7 Å². The molecule has 114 valence electrons. The van der Waals surface area contributed by atoms with Crippen LogP contribution in [-0.4, -0.2) is 17.8 Å². The molecule has 3 heteroatoms. The van der Waals surface area contributed by atoms with E-state index in [1.807, 2.05) is 6.07 Å². The molecule has 0 aliphatic heterocycles. The van der Waals surface area contributed by atoms with Crippen molar-refractivity contribution in [1.82, 2.24) is 0 Å². The number of benzene rings is 1. The van der Waals surface area contributed by atoms with Crippen molar-refractivity contribution in [2.24, 2.45) is 23.7 Å². The Hall–Kier alpha value is -1.09. The van der Waals surface area contributed by atoms with Crippen LogP contribution in [0.15, 0.2) is 18.2 Å². The van der Waals surface area contributed by atoms with Gasteiger partial charge in [-0.3, -0.25) is 0 Å². The first-order valence-corrected chi connectivity index (χ1v) is 8.13. The van der Waals surface area contributed by atoms with E-state index in [0.717, 1.165) is 17.4 Å². The molecular formula is C18H23FO2. The average molecular weight is 290 g/mol. The van der Waals surface area contributed by atoms with Gasteiger partial charge in [-0.2, -0.15) is 0 Å². The summed E-state index contributed by atoms with van der Waals surface area (Å²) in [5.41, 5.74) is 0.275. The van der Waals surface area contributed by atoms with E-state index in [9.17, 15) is 9.50 Å². The fraction of sp³-hybridized carbons (Fsp3) is 0.667. The highest BCUT2D eigenvalue weighted by atomic mass is 19.1. The van der Waals surface area contributed by atoms with Crippen LogP contribution in [0.4, 0.5) is 4.39 Å². The third-order valence-electron chi connectivity index (χ3n) is 6.26. The van der Waals surface area contributed by atoms with E-state index in [4.69, 9.17) is 4.74 Å². The van der Waals surface area contributed by atoms with Crippen LogP contribution >= 0.6 is 0 Å². The van der Waals surface area contributed by atoms with Crippen LogP contribution in [0.2, 0.25) is 0 Å². The monoisotopic (exact) mass is 290 g/mol. The number of halogens is 1. The molecule has 0 atom stereocenters. The molecule has 0 radical (unpaired) electrons. The first kappa shape index (κ1) is 13.6. The van der Waals surface area contributed by atoms with Crippen molar-refractivity contribution in [2.45, 2.75) is 44.1 Å². The van der Waals surface area contributed by atoms with Crippen LogP contribution < -0.4 is 4.74 Å². The SMILES string of the molecule is COc1ccc(CC2(O)C3CC4CC(C3)CC2C4)cc1F. The first-order valence-electron chi connectivity index (χ1n) is 8.13. The molecule has 0 amide bonds. The lowest BCUT2D eigenvalue weighted by atomic mass is 9.49. The van der Waals surface area contributed by atoms with Crippen LogP contribution in [0.25, 0.3) is 0 Å². The van der Waals surface area contributed by atoms with Gasteiger partial charge in [-0.25, -0.2) is 4.39 Å². The second-order valence-corrected chi connectivity index (χ2v) is 7.44. The normalized spacial score (nSPS) is 40.5. The maximum Gasteiger partial charge on any atom is 0.165 e. The molecule has 1 aromatic rings. The minimum absolute atomic E-state index is 0.274. The number of aliphatic hydroxyl groups is 1. The second kappa shape index (κ2) is 4.70. The molecule has 0 heterocycles. The molecule has 5 rings (SSSR count). The fourth-order valence-corrected chi connectivity index (χ4v) is 5.44. The van der Waals surface area contributed by atoms with Gasteiger partial charge in [0.2, 0.25) is 0 Å². The summed E-state index contributed by atoms with van der Waals surface area (Å²) >= 11 is 0. The average Bonchev–Trinajstić information content (AvgIpc) is 2.44. The van der Waals surface area contributed by atoms with E-state index >= 15 is 0 Å². The van der Waals surface area contributed by atoms with Crippen molar-refractivity contribution in [2.75, 3.05) is 7.11 Å². The Labute approximate surface area is 125 Å². The van der Waals surface area contributed by atoms with E-state index < -0.39 is 5.60 Å². The summed E-state index contributed by atoms with van der Waals surface area (Å²) < 4.78 is 18.9. The van der Waals surface area contributed by atoms with Crippen molar-refractivity contribution in [3.05, 3.63) is 29.6 Å². The molecule has 1 aromatic carbocycles. The maximum atomic E-state index is 13.9. The summed E-state index contributed by atoms with van der Waals surface area (Å²) in [6.07, 6.45) is 6.64. The second-order valence-electron chi connectivity index (χ2n) is 7.44. The lowest BCUT2D eigenvalue weighted by molar-refractivity contribution is -0.171. The fourth-order valence-electron chi connectivity index (χ4n) is 5.44. The van der Waals surface area contributed by atoms with Crippen molar-refractivity contribution < 1.29 is 14.2 Å². The van der Waals surface area contributed by atoms with Crippen LogP contribution in [0.1, 0.15) is 37.7 Å². The molecule has 4 saturated carbocycles. The molecule has 0 saturated heterocycles. The summed E-state index contributed by atoms with van der Waals surface area (Å²) in [6, 6.07) is 5.09. The summed E-state index contributed by atoms with van der Waals surface area (Å²) in [5, 5.41) is 11.3. The van der Waals surface area contributed by atoms with Crippen LogP contribution in [0.3, 0.4) is 0 Å². The standard InChI is InChI=1S/C18H23FO2/c1-21-17-3-2-11(9-16(17)19)10-18(20)14-5-12-4-13(7-14)8-15(18)6-12/h2-3,9,12-15,20H,4-8,10H2,1H3. The third kappa shape index (κ3) is 2.09. The zero-order chi connectivity index (χ0) is 14.6. The molecule has 21 heavy (non-hydrogen) atoms. The minimum atomic E-state index is -0.617. The molecule has 4 aliphatic rings. The van der Waals surface area contributed by atoms with Gasteiger partial charge in [0.1, 0.15) is 0 Å². The highest BCUT2D eigenvalue weighted by Crippen LogP contribution is 2.59. The first-order chi connectivity index (χ1) is 10.1. The smallest absolute Gasteiger partial charge is 0.165 e. The topological polar surface area (TPSA) is 29.5 Å². The zero-order valence-electron chi connectivity index (χ0n) is 12.5. The Morgan fingerprint density at radius 2 is 1.76 bits per heavy atom. The number of hydrogen-bond donors (Lipinski definition) is 1. The van der Waals surface area contributed by atoms with E-state index in [1.54, 1.807) is 6.07 Å². The molecular weight excluding hydrogens is 267 g/mol. The van der Waals surface area contributed by atoms with Crippen molar-refractivity contribution in [1.29, 1.82) is 0 Å². The summed E-state index contributed by atoms with van der Waals surface area (Å²) in [5.74, 6) is 2.44. The summed E-state index contributed by atoms with van der Waals surface area (Å²) in [7, 11) is 1.48. The summed E-state index contributed by atoms with van der Waals surface area (Å²) in [4.78, 5) is 0. The molecule has 4 aliphatic carbocycles. The highest BCUT2D eigenvalue weighted by molar-refractivity contribution is 5.30. The van der Waals surface area contributed by atoms with Gasteiger partial charge in [-0.15, -0.1) is 0 Å². The van der Waals surface area contributed by atoms with Gasteiger partial charge in [0.15, 0.2) is 11.6 Å². The van der Waals surface area contributed by atoms with Gasteiger partial charge in [-0.05, 0) is 73.5 Å². The molecule has 1 N–H and O–H groups in total. The van der Waals surface area contributed by atoms with Crippen LogP contribution in [-0.2, 0) is 6.42 Å². The molecule has 0 aromatic heterocycles. The Morgan fingerprint density at radius 3 is 2.29 bits per heavy atom. The Balaban J connectivity index is 1.60. The Bertz CT molecular complexity index is 526. The van der Waals surface area contributed by atoms with Gasteiger partial charge >= 0.3 is 0 Å². The number of ether oxygens (including phenoxy) is 1. The van der Waals surface area contributed by atoms with Crippen molar-refractivity contribution in [3.8, 4) is 5.75 Å². The van der Waals surface area contributed by atoms with E-state index in [1.165, 1.54) is 45.3 Å². The number of methoxy groups -OCH3 is 1. The quantitative estimate of drug-likeness (QED) is 0.922. The summed E-state index contributed by atoms with van der Waals surface area (Å²) in [6.45, 7) is 0. The predicted molar refractivity (Wildman–Crippen MR) is 78.7 cm³/mol. The van der Waals surface area contributed by atoms with Gasteiger partial charge in [0, 0.05) is 6.42 Å². The lowest BCUT2D eigenvalue weighted by Crippen LogP contribution is -2.58. The number of rotatable bonds is 3. The van der Waals surface area contributed by atoms with E-state index in [-0.39, 0.29) is 11.6 Å². The molecule has 2 nitrogen and oxygen atoms in total. The maximum absolute atomic E-state index is 13.9. The van der Waals surface area contributed by atoms with Crippen molar-refractivity contribution >= 4 is 0 Å². The molecule has 0 spiro atoms. The minimum Gasteiger partial charge on any atom is -0.494 e. The highest BCUT2D eigenvalue weighted by Gasteiger charge is 2.56. The lowest BCUT2D eigenvalue weighted by Gasteiger charge is -2.59. The molecule has 0 unspecified atom stereocenters. The van der Waals surface area contributed by atoms with Gasteiger partial charge < -0.3 is 9.84 Å². The Morgan fingerprint density at radius 1 is 1.14 bits per heavy atom. The van der Waals surface area contributed by atoms with Gasteiger partial charge in [-0.1, -0.05) is 6.07 Å². The third-order valence-corrected chi connectivity index (χ3v) is 6.26. The van der Waals surface area contributed by atoms with Crippen LogP contribution in [0.5, 0.6) is 5.75 Å². The largest absolute Gasteiger partial charge is 0.494 e. The van der Waals surface area contributed by atoms with E-state index in [2.05, 4.69) is 0 Å². The molecule has 4 bridgehead atoms. The molecule has 4 fully saturated rings. The number of hydrogen-bond acceptors (Lipinski definition) is 2. The van der Waals surface area contributed by atoms with Crippen molar-refractivity contribution in [3.63, 3.8) is 0 Å². The van der Waals surface area contributed by atoms with Crippen LogP contribution in [0, 0.1) is 29.5 Å². The van der Waals surface area contributed by atoms with Gasteiger partial charge in [0.25, 0.3) is 0 Å². The Kier molecular flexibility index (Phi) is 3.04. The zero-order valence-corrected chi connectivity index (χ0v) is 12.5.